The summed E-state index contributed by atoms with van der Waals surface area (Å²) in [6.07, 6.45) is 4.53. The molecule has 0 saturated heterocycles. The number of carbonyl (C=O) groups is 1. The lowest BCUT2D eigenvalue weighted by Gasteiger charge is -2.07. The average molecular weight is 284 g/mol. The molecular weight excluding hydrogens is 268 g/mol. The summed E-state index contributed by atoms with van der Waals surface area (Å²) < 4.78 is 5.09. The smallest absolute Gasteiger partial charge is 0.271 e. The number of hydrogen-bond donors (Lipinski definition) is 2. The first-order valence-corrected chi connectivity index (χ1v) is 6.35. The Morgan fingerprint density at radius 2 is 2.05 bits per heavy atom. The lowest BCUT2D eigenvalue weighted by atomic mass is 10.3. The Labute approximate surface area is 122 Å². The summed E-state index contributed by atoms with van der Waals surface area (Å²) in [6.45, 7) is 3.93. The lowest BCUT2D eigenvalue weighted by Crippen LogP contribution is -2.24. The van der Waals surface area contributed by atoms with Gasteiger partial charge < -0.3 is 15.4 Å². The quantitative estimate of drug-likeness (QED) is 0.795. The molecule has 1 aromatic carbocycles. The van der Waals surface area contributed by atoms with E-state index in [1.54, 1.807) is 13.2 Å². The fourth-order valence-corrected chi connectivity index (χ4v) is 1.59. The molecule has 1 aromatic heterocycles. The van der Waals surface area contributed by atoms with Crippen LogP contribution in [0.5, 0.6) is 5.75 Å². The minimum absolute atomic E-state index is 0.261. The van der Waals surface area contributed by atoms with Crippen molar-refractivity contribution in [3.63, 3.8) is 0 Å². The highest BCUT2D eigenvalue weighted by Gasteiger charge is 2.06. The van der Waals surface area contributed by atoms with E-state index in [2.05, 4.69) is 27.2 Å². The van der Waals surface area contributed by atoms with Crippen molar-refractivity contribution < 1.29 is 9.53 Å². The van der Waals surface area contributed by atoms with E-state index in [9.17, 15) is 4.79 Å². The standard InChI is InChI=1S/C15H16N4O2/c1-3-8-16-15(20)13-9-18-14(10-17-13)19-11-4-6-12(21-2)7-5-11/h3-7,9-10H,1,8H2,2H3,(H,16,20)(H,18,19). The summed E-state index contributed by atoms with van der Waals surface area (Å²) in [5, 5.41) is 5.72. The number of nitrogens with zero attached hydrogens (tertiary/aromatic N) is 2. The number of anilines is 2. The highest BCUT2D eigenvalue weighted by Crippen LogP contribution is 2.18. The summed E-state index contributed by atoms with van der Waals surface area (Å²) in [4.78, 5) is 19.9. The molecule has 0 unspecified atom stereocenters. The van der Waals surface area contributed by atoms with Gasteiger partial charge in [0.2, 0.25) is 0 Å². The number of rotatable bonds is 6. The van der Waals surface area contributed by atoms with Crippen LogP contribution in [0.1, 0.15) is 10.5 Å². The molecule has 0 aliphatic heterocycles. The zero-order valence-corrected chi connectivity index (χ0v) is 11.7. The van der Waals surface area contributed by atoms with Gasteiger partial charge in [-0.2, -0.15) is 0 Å². The highest BCUT2D eigenvalue weighted by atomic mass is 16.5. The highest BCUT2D eigenvalue weighted by molar-refractivity contribution is 5.92. The van der Waals surface area contributed by atoms with Gasteiger partial charge in [0.05, 0.1) is 19.5 Å². The number of nitrogens with one attached hydrogen (secondary N) is 2. The van der Waals surface area contributed by atoms with Gasteiger partial charge in [0, 0.05) is 12.2 Å². The van der Waals surface area contributed by atoms with Crippen molar-refractivity contribution in [2.45, 2.75) is 0 Å². The van der Waals surface area contributed by atoms with Crippen molar-refractivity contribution in [2.24, 2.45) is 0 Å². The number of hydrogen-bond acceptors (Lipinski definition) is 5. The monoisotopic (exact) mass is 284 g/mol. The van der Waals surface area contributed by atoms with Gasteiger partial charge in [0.25, 0.3) is 5.91 Å². The second-order valence-electron chi connectivity index (χ2n) is 4.14. The van der Waals surface area contributed by atoms with Crippen LogP contribution in [-0.2, 0) is 0 Å². The van der Waals surface area contributed by atoms with Crippen LogP contribution in [0.2, 0.25) is 0 Å². The molecular formula is C15H16N4O2. The van der Waals surface area contributed by atoms with Gasteiger partial charge in [-0.1, -0.05) is 6.08 Å². The van der Waals surface area contributed by atoms with Crippen LogP contribution in [0.3, 0.4) is 0 Å². The maximum Gasteiger partial charge on any atom is 0.271 e. The molecule has 2 N–H and O–H groups in total. The zero-order chi connectivity index (χ0) is 15.1. The van der Waals surface area contributed by atoms with Gasteiger partial charge in [-0.3, -0.25) is 4.79 Å². The third-order valence-electron chi connectivity index (χ3n) is 2.65. The van der Waals surface area contributed by atoms with Crippen LogP contribution < -0.4 is 15.4 Å². The Kier molecular flexibility index (Phi) is 4.87. The minimum atomic E-state index is -0.279. The van der Waals surface area contributed by atoms with Crippen LogP contribution in [0.15, 0.2) is 49.3 Å². The zero-order valence-electron chi connectivity index (χ0n) is 11.7. The van der Waals surface area contributed by atoms with E-state index in [1.165, 1.54) is 12.4 Å². The molecule has 1 amide bonds. The third kappa shape index (κ3) is 4.04. The molecule has 6 heteroatoms. The summed E-state index contributed by atoms with van der Waals surface area (Å²) in [7, 11) is 1.62. The van der Waals surface area contributed by atoms with Gasteiger partial charge in [-0.25, -0.2) is 9.97 Å². The molecule has 2 rings (SSSR count). The van der Waals surface area contributed by atoms with Crippen molar-refractivity contribution in [1.82, 2.24) is 15.3 Å². The molecule has 0 spiro atoms. The molecule has 0 radical (unpaired) electrons. The normalized spacial score (nSPS) is 9.76. The first-order valence-electron chi connectivity index (χ1n) is 6.35. The van der Waals surface area contributed by atoms with Gasteiger partial charge in [0.1, 0.15) is 17.3 Å². The third-order valence-corrected chi connectivity index (χ3v) is 2.65. The van der Waals surface area contributed by atoms with Crippen LogP contribution >= 0.6 is 0 Å². The van der Waals surface area contributed by atoms with Crippen LogP contribution in [0.25, 0.3) is 0 Å². The molecule has 21 heavy (non-hydrogen) atoms. The Morgan fingerprint density at radius 3 is 2.62 bits per heavy atom. The molecule has 108 valence electrons. The summed E-state index contributed by atoms with van der Waals surface area (Å²) >= 11 is 0. The van der Waals surface area contributed by atoms with Crippen molar-refractivity contribution in [3.05, 3.63) is 55.0 Å². The molecule has 6 nitrogen and oxygen atoms in total. The Morgan fingerprint density at radius 1 is 1.29 bits per heavy atom. The predicted octanol–water partition coefficient (Wildman–Crippen LogP) is 2.14. The Bertz CT molecular complexity index is 609. The fourth-order valence-electron chi connectivity index (χ4n) is 1.59. The topological polar surface area (TPSA) is 76.1 Å². The minimum Gasteiger partial charge on any atom is -0.497 e. The van der Waals surface area contributed by atoms with Gasteiger partial charge in [0.15, 0.2) is 0 Å². The van der Waals surface area contributed by atoms with E-state index in [1.807, 2.05) is 24.3 Å². The maximum atomic E-state index is 11.6. The lowest BCUT2D eigenvalue weighted by molar-refractivity contribution is 0.0952. The molecule has 0 aliphatic carbocycles. The molecule has 0 saturated carbocycles. The summed E-state index contributed by atoms with van der Waals surface area (Å²) in [5.41, 5.74) is 1.12. The number of benzene rings is 1. The van der Waals surface area contributed by atoms with Gasteiger partial charge in [-0.05, 0) is 24.3 Å². The van der Waals surface area contributed by atoms with E-state index in [0.717, 1.165) is 11.4 Å². The molecule has 0 atom stereocenters. The van der Waals surface area contributed by atoms with E-state index in [0.29, 0.717) is 12.4 Å². The number of aromatic nitrogens is 2. The van der Waals surface area contributed by atoms with Crippen molar-refractivity contribution in [3.8, 4) is 5.75 Å². The maximum absolute atomic E-state index is 11.6. The first-order chi connectivity index (χ1) is 10.2. The second kappa shape index (κ2) is 7.04. The van der Waals surface area contributed by atoms with Gasteiger partial charge >= 0.3 is 0 Å². The summed E-state index contributed by atoms with van der Waals surface area (Å²) in [5.74, 6) is 1.06. The largest absolute Gasteiger partial charge is 0.497 e. The van der Waals surface area contributed by atoms with Gasteiger partial charge in [-0.15, -0.1) is 6.58 Å². The fraction of sp³-hybridized carbons (Fsp3) is 0.133. The van der Waals surface area contributed by atoms with Crippen molar-refractivity contribution >= 4 is 17.4 Å². The van der Waals surface area contributed by atoms with E-state index in [-0.39, 0.29) is 11.6 Å². The number of methoxy groups -OCH3 is 1. The average Bonchev–Trinajstić information content (AvgIpc) is 2.54. The van der Waals surface area contributed by atoms with Crippen LogP contribution in [0, 0.1) is 0 Å². The van der Waals surface area contributed by atoms with E-state index >= 15 is 0 Å². The first kappa shape index (κ1) is 14.5. The SMILES string of the molecule is C=CCNC(=O)c1cnc(Nc2ccc(OC)cc2)cn1. The van der Waals surface area contributed by atoms with Crippen LogP contribution in [0.4, 0.5) is 11.5 Å². The van der Waals surface area contributed by atoms with E-state index in [4.69, 9.17) is 4.74 Å². The van der Waals surface area contributed by atoms with E-state index < -0.39 is 0 Å². The Hall–Kier alpha value is -2.89. The number of amides is 1. The number of carbonyl (C=O) groups excluding carboxylic acids is 1. The Balaban J connectivity index is 2.01. The molecule has 1 heterocycles. The molecule has 2 aromatic rings. The molecule has 0 bridgehead atoms. The van der Waals surface area contributed by atoms with Crippen molar-refractivity contribution in [1.29, 1.82) is 0 Å². The predicted molar refractivity (Wildman–Crippen MR) is 80.8 cm³/mol. The molecule has 0 fully saturated rings. The number of ether oxygens (including phenoxy) is 1. The second-order valence-corrected chi connectivity index (χ2v) is 4.14. The summed E-state index contributed by atoms with van der Waals surface area (Å²) in [6, 6.07) is 7.41. The molecule has 0 aliphatic rings. The van der Waals surface area contributed by atoms with Crippen LogP contribution in [-0.4, -0.2) is 29.5 Å². The van der Waals surface area contributed by atoms with Crippen molar-refractivity contribution in [2.75, 3.05) is 19.0 Å².